The molecule has 0 aliphatic heterocycles. The topological polar surface area (TPSA) is 25.8 Å². The molecule has 7 heteroatoms. The lowest BCUT2D eigenvalue weighted by Crippen LogP contribution is -2.55. The third-order valence-corrected chi connectivity index (χ3v) is 10.5. The van der Waals surface area contributed by atoms with Crippen molar-refractivity contribution in [3.8, 4) is 11.4 Å². The molecule has 0 unspecified atom stereocenters. The molecular formula is C42H27B5N2. The number of benzene rings is 6. The van der Waals surface area contributed by atoms with Crippen LogP contribution in [0.15, 0.2) is 127 Å². The molecule has 10 radical (unpaired) electrons. The van der Waals surface area contributed by atoms with Gasteiger partial charge < -0.3 is 0 Å². The zero-order valence-corrected chi connectivity index (χ0v) is 27.4. The fraction of sp³-hybridized carbons (Fsp3) is 0.0952. The maximum atomic E-state index is 6.66. The Labute approximate surface area is 294 Å². The first-order valence-corrected chi connectivity index (χ1v) is 16.3. The zero-order valence-electron chi connectivity index (χ0n) is 27.4. The maximum Gasteiger partial charge on any atom is 0.158 e. The molecule has 1 aromatic heterocycles. The molecular weight excluding hydrogens is 587 g/mol. The van der Waals surface area contributed by atoms with Gasteiger partial charge in [0, 0.05) is 16.4 Å². The number of hydrogen-bond acceptors (Lipinski definition) is 2. The predicted octanol–water partition coefficient (Wildman–Crippen LogP) is 3.62. The van der Waals surface area contributed by atoms with Crippen molar-refractivity contribution in [3.63, 3.8) is 0 Å². The first-order valence-electron chi connectivity index (χ1n) is 16.3. The lowest BCUT2D eigenvalue weighted by molar-refractivity contribution is 0.581. The maximum absolute atomic E-state index is 6.66. The van der Waals surface area contributed by atoms with Crippen LogP contribution in [0.5, 0.6) is 0 Å². The van der Waals surface area contributed by atoms with Crippen LogP contribution in [0.25, 0.3) is 22.3 Å². The van der Waals surface area contributed by atoms with E-state index >= 15 is 0 Å². The molecule has 7 aromatic rings. The second-order valence-corrected chi connectivity index (χ2v) is 13.0. The van der Waals surface area contributed by atoms with Crippen molar-refractivity contribution in [1.29, 1.82) is 0 Å². The molecule has 0 spiro atoms. The number of nitrogens with zero attached hydrogens (tertiary/aromatic N) is 2. The van der Waals surface area contributed by atoms with Crippen molar-refractivity contribution in [1.82, 2.24) is 9.97 Å². The predicted molar refractivity (Wildman–Crippen MR) is 207 cm³/mol. The molecule has 0 fully saturated rings. The van der Waals surface area contributed by atoms with E-state index in [0.717, 1.165) is 38.9 Å². The summed E-state index contributed by atoms with van der Waals surface area (Å²) in [6, 6.07) is 44.8. The number of rotatable bonds is 4. The highest BCUT2D eigenvalue weighted by Gasteiger charge is 2.53. The van der Waals surface area contributed by atoms with Crippen LogP contribution in [0, 0.1) is 6.92 Å². The first-order chi connectivity index (χ1) is 23.7. The summed E-state index contributed by atoms with van der Waals surface area (Å²) in [5, 5.41) is 0.899. The fourth-order valence-corrected chi connectivity index (χ4v) is 8.10. The summed E-state index contributed by atoms with van der Waals surface area (Å²) in [5.74, 6) is 0.321. The van der Waals surface area contributed by atoms with Crippen molar-refractivity contribution in [2.75, 3.05) is 0 Å². The molecule has 0 N–H and O–H groups in total. The fourth-order valence-electron chi connectivity index (χ4n) is 8.10. The third kappa shape index (κ3) is 4.34. The van der Waals surface area contributed by atoms with Crippen LogP contribution in [0.1, 0.15) is 51.6 Å². The molecule has 1 heterocycles. The second-order valence-electron chi connectivity index (χ2n) is 13.0. The SMILES string of the molecule is [B]c1c([B])c([B])c(-c2nc(C3(c4ccccc4C)c4ccccc4C(C)(c4ccccc4)c4ccccc43)c3ccccc3n2)c([B])c1[B]. The standard InChI is InChI=1S/C42H27B5N2/c1-24-14-6-8-18-27(24)42(30-21-11-9-19-28(30)41(2,25-15-4-3-5-16-25)29-20-10-12-22-31(29)42)39-26-17-7-13-23-32(26)48-40(49-39)33-34(43)36(45)38(47)37(46)35(33)44/h3-23H,1-2H3. The molecule has 0 amide bonds. The van der Waals surface area contributed by atoms with Gasteiger partial charge in [-0.3, -0.25) is 0 Å². The Balaban J connectivity index is 1.61. The summed E-state index contributed by atoms with van der Waals surface area (Å²) in [7, 11) is 32.3. The van der Waals surface area contributed by atoms with Crippen LogP contribution >= 0.6 is 0 Å². The van der Waals surface area contributed by atoms with E-state index in [2.05, 4.69) is 123 Å². The van der Waals surface area contributed by atoms with E-state index in [0.29, 0.717) is 11.4 Å². The minimum Gasteiger partial charge on any atom is -0.231 e. The van der Waals surface area contributed by atoms with Crippen molar-refractivity contribution in [2.45, 2.75) is 24.7 Å². The Bertz CT molecular complexity index is 2360. The van der Waals surface area contributed by atoms with Crippen molar-refractivity contribution >= 4 is 77.4 Å². The van der Waals surface area contributed by atoms with Crippen molar-refractivity contribution in [2.24, 2.45) is 0 Å². The Morgan fingerprint density at radius 3 is 1.53 bits per heavy atom. The van der Waals surface area contributed by atoms with Gasteiger partial charge in [-0.15, -0.1) is 16.4 Å². The highest BCUT2D eigenvalue weighted by molar-refractivity contribution is 6.68. The van der Waals surface area contributed by atoms with E-state index in [-0.39, 0.29) is 27.3 Å². The van der Waals surface area contributed by atoms with Gasteiger partial charge in [-0.2, -0.15) is 0 Å². The highest BCUT2D eigenvalue weighted by atomic mass is 14.9. The number of hydrogen-bond donors (Lipinski definition) is 0. The second kappa shape index (κ2) is 11.6. The van der Waals surface area contributed by atoms with Gasteiger partial charge in [0.1, 0.15) is 39.2 Å². The molecule has 8 rings (SSSR count). The van der Waals surface area contributed by atoms with Crippen LogP contribution in [-0.4, -0.2) is 49.2 Å². The van der Waals surface area contributed by atoms with Gasteiger partial charge in [0.15, 0.2) is 5.82 Å². The lowest BCUT2D eigenvalue weighted by atomic mass is 9.52. The third-order valence-electron chi connectivity index (χ3n) is 10.5. The van der Waals surface area contributed by atoms with Crippen molar-refractivity contribution < 1.29 is 0 Å². The molecule has 0 saturated heterocycles. The Morgan fingerprint density at radius 1 is 0.469 bits per heavy atom. The molecule has 49 heavy (non-hydrogen) atoms. The average molecular weight is 614 g/mol. The average Bonchev–Trinajstić information content (AvgIpc) is 3.14. The summed E-state index contributed by atoms with van der Waals surface area (Å²) in [6.45, 7) is 4.49. The minimum absolute atomic E-state index is 0.145. The molecule has 1 aliphatic carbocycles. The van der Waals surface area contributed by atoms with Crippen molar-refractivity contribution in [3.05, 3.63) is 172 Å². The molecule has 0 atom stereocenters. The van der Waals surface area contributed by atoms with Crippen LogP contribution in [0.4, 0.5) is 0 Å². The minimum atomic E-state index is -0.890. The summed E-state index contributed by atoms with van der Waals surface area (Å²) in [5.41, 5.74) is 9.43. The van der Waals surface area contributed by atoms with Gasteiger partial charge in [0.05, 0.1) is 16.6 Å². The summed E-state index contributed by atoms with van der Waals surface area (Å²) in [4.78, 5) is 10.6. The normalized spacial score (nSPS) is 18.2. The van der Waals surface area contributed by atoms with Crippen LogP contribution in [-0.2, 0) is 10.8 Å². The van der Waals surface area contributed by atoms with Gasteiger partial charge in [-0.1, -0.05) is 132 Å². The van der Waals surface area contributed by atoms with E-state index in [4.69, 9.17) is 49.2 Å². The van der Waals surface area contributed by atoms with Crippen LogP contribution < -0.4 is 27.3 Å². The largest absolute Gasteiger partial charge is 0.231 e. The number of fused-ring (bicyclic) bond motifs is 3. The van der Waals surface area contributed by atoms with Gasteiger partial charge in [0.2, 0.25) is 0 Å². The van der Waals surface area contributed by atoms with Gasteiger partial charge in [0.25, 0.3) is 0 Å². The molecule has 0 bridgehead atoms. The lowest BCUT2D eigenvalue weighted by Gasteiger charge is -2.49. The smallest absolute Gasteiger partial charge is 0.158 e. The first kappa shape index (κ1) is 31.3. The Morgan fingerprint density at radius 2 is 0.939 bits per heavy atom. The molecule has 0 saturated carbocycles. The summed E-state index contributed by atoms with van der Waals surface area (Å²) >= 11 is 0. The van der Waals surface area contributed by atoms with Gasteiger partial charge in [-0.25, -0.2) is 9.97 Å². The van der Waals surface area contributed by atoms with E-state index < -0.39 is 10.8 Å². The van der Waals surface area contributed by atoms with Gasteiger partial charge in [-0.05, 0) is 58.9 Å². The molecule has 2 nitrogen and oxygen atoms in total. The number of aryl methyl sites for hydroxylation is 1. The molecule has 220 valence electrons. The van der Waals surface area contributed by atoms with E-state index in [9.17, 15) is 0 Å². The quantitative estimate of drug-likeness (QED) is 0.284. The zero-order chi connectivity index (χ0) is 34.1. The Hall–Kier alpha value is -5.02. The van der Waals surface area contributed by atoms with E-state index in [1.807, 2.05) is 18.2 Å². The highest BCUT2D eigenvalue weighted by Crippen LogP contribution is 2.58. The van der Waals surface area contributed by atoms with E-state index in [1.54, 1.807) is 0 Å². The number of para-hydroxylation sites is 1. The molecule has 1 aliphatic rings. The Kier molecular flexibility index (Phi) is 7.37. The summed E-state index contributed by atoms with van der Waals surface area (Å²) < 4.78 is 0. The summed E-state index contributed by atoms with van der Waals surface area (Å²) in [6.07, 6.45) is 0. The van der Waals surface area contributed by atoms with Crippen LogP contribution in [0.2, 0.25) is 0 Å². The van der Waals surface area contributed by atoms with Gasteiger partial charge >= 0.3 is 0 Å². The monoisotopic (exact) mass is 614 g/mol. The van der Waals surface area contributed by atoms with E-state index in [1.165, 1.54) is 16.7 Å². The molecule has 6 aromatic carbocycles. The van der Waals surface area contributed by atoms with Crippen LogP contribution in [0.3, 0.4) is 0 Å². The number of aromatic nitrogens is 2.